The Balaban J connectivity index is 1.47. The molecule has 0 saturated heterocycles. The minimum atomic E-state index is 0.0556. The van der Waals surface area contributed by atoms with E-state index in [0.29, 0.717) is 5.92 Å². The maximum Gasteiger partial charge on any atom is 0.123 e. The Morgan fingerprint density at radius 1 is 0.964 bits per heavy atom. The van der Waals surface area contributed by atoms with Crippen LogP contribution in [-0.4, -0.2) is 19.2 Å². The summed E-state index contributed by atoms with van der Waals surface area (Å²) < 4.78 is 6.69. The Labute approximate surface area is 170 Å². The maximum atomic E-state index is 6.69. The van der Waals surface area contributed by atoms with E-state index in [1.54, 1.807) is 0 Å². The maximum absolute atomic E-state index is 6.69. The number of aryl methyl sites for hydroxylation is 1. The molecule has 1 spiro atoms. The van der Waals surface area contributed by atoms with E-state index in [1.807, 2.05) is 0 Å². The summed E-state index contributed by atoms with van der Waals surface area (Å²) in [5.41, 5.74) is 4.35. The van der Waals surface area contributed by atoms with E-state index in [1.165, 1.54) is 68.2 Å². The van der Waals surface area contributed by atoms with Crippen molar-refractivity contribution in [2.45, 2.75) is 76.2 Å². The van der Waals surface area contributed by atoms with Crippen molar-refractivity contribution in [3.63, 3.8) is 0 Å². The van der Waals surface area contributed by atoms with Gasteiger partial charge in [-0.2, -0.15) is 0 Å². The van der Waals surface area contributed by atoms with Gasteiger partial charge in [-0.25, -0.2) is 0 Å². The lowest BCUT2D eigenvalue weighted by Gasteiger charge is -2.34. The van der Waals surface area contributed by atoms with Crippen LogP contribution in [0.4, 0.5) is 5.69 Å². The van der Waals surface area contributed by atoms with E-state index in [2.05, 4.69) is 67.4 Å². The Morgan fingerprint density at radius 2 is 1.68 bits per heavy atom. The number of hydrogen-bond acceptors (Lipinski definition) is 2. The predicted octanol–water partition coefficient (Wildman–Crippen LogP) is 6.73. The number of fused-ring (bicyclic) bond motifs is 1. The quantitative estimate of drug-likeness (QED) is 0.553. The van der Waals surface area contributed by atoms with Crippen LogP contribution in [0.1, 0.15) is 75.3 Å². The van der Waals surface area contributed by atoms with Crippen molar-refractivity contribution in [2.75, 3.05) is 18.5 Å². The molecular formula is C26H35NO. The lowest BCUT2D eigenvalue weighted by molar-refractivity contribution is 0.0480. The van der Waals surface area contributed by atoms with Gasteiger partial charge in [0.1, 0.15) is 11.4 Å². The number of nitrogens with zero attached hydrogens (tertiary/aromatic N) is 1. The molecule has 1 atom stereocenters. The van der Waals surface area contributed by atoms with Gasteiger partial charge in [-0.05, 0) is 62.6 Å². The molecule has 4 rings (SSSR count). The van der Waals surface area contributed by atoms with Gasteiger partial charge in [-0.3, -0.25) is 0 Å². The molecule has 0 radical (unpaired) electrons. The van der Waals surface area contributed by atoms with Gasteiger partial charge in [-0.1, -0.05) is 56.2 Å². The molecule has 2 aliphatic rings. The van der Waals surface area contributed by atoms with Crippen LogP contribution < -0.4 is 9.64 Å². The first kappa shape index (κ1) is 19.4. The van der Waals surface area contributed by atoms with Gasteiger partial charge in [0.15, 0.2) is 0 Å². The van der Waals surface area contributed by atoms with Gasteiger partial charge < -0.3 is 9.64 Å². The monoisotopic (exact) mass is 377 g/mol. The normalized spacial score (nSPS) is 20.4. The second-order valence-electron chi connectivity index (χ2n) is 8.72. The number of hydrogen-bond donors (Lipinski definition) is 0. The summed E-state index contributed by atoms with van der Waals surface area (Å²) >= 11 is 0. The molecule has 1 aliphatic carbocycles. The molecule has 2 heteroatoms. The van der Waals surface area contributed by atoms with Crippen molar-refractivity contribution in [3.8, 4) is 5.75 Å². The standard InChI is InChI=1S/C26H35NO/c1-3-21-13-6-8-16-24(21)27(2)20-12-15-23-22-14-7-9-17-25(22)28-26(23)18-10-4-5-11-19-26/h6-9,13-14,16-17,23H,3-5,10-12,15,18-20H2,1-2H3. The third-order valence-corrected chi connectivity index (χ3v) is 6.96. The first-order valence-corrected chi connectivity index (χ1v) is 11.3. The van der Waals surface area contributed by atoms with Crippen LogP contribution in [0, 0.1) is 0 Å². The van der Waals surface area contributed by atoms with Gasteiger partial charge in [0.2, 0.25) is 0 Å². The van der Waals surface area contributed by atoms with Crippen molar-refractivity contribution in [1.82, 2.24) is 0 Å². The summed E-state index contributed by atoms with van der Waals surface area (Å²) in [6.07, 6.45) is 11.3. The van der Waals surface area contributed by atoms with Crippen molar-refractivity contribution >= 4 is 5.69 Å². The molecule has 1 heterocycles. The smallest absolute Gasteiger partial charge is 0.123 e. The topological polar surface area (TPSA) is 12.5 Å². The summed E-state index contributed by atoms with van der Waals surface area (Å²) in [6, 6.07) is 17.6. The Morgan fingerprint density at radius 3 is 2.46 bits per heavy atom. The van der Waals surface area contributed by atoms with E-state index in [0.717, 1.165) is 18.7 Å². The van der Waals surface area contributed by atoms with Crippen molar-refractivity contribution in [3.05, 3.63) is 59.7 Å². The molecular weight excluding hydrogens is 342 g/mol. The number of benzene rings is 2. The first-order chi connectivity index (χ1) is 13.7. The molecule has 150 valence electrons. The summed E-state index contributed by atoms with van der Waals surface area (Å²) in [6.45, 7) is 3.35. The fourth-order valence-electron chi connectivity index (χ4n) is 5.47. The third kappa shape index (κ3) is 3.79. The molecule has 1 aliphatic heterocycles. The molecule has 28 heavy (non-hydrogen) atoms. The van der Waals surface area contributed by atoms with Crippen molar-refractivity contribution in [1.29, 1.82) is 0 Å². The van der Waals surface area contributed by atoms with E-state index >= 15 is 0 Å². The van der Waals surface area contributed by atoms with Gasteiger partial charge in [-0.15, -0.1) is 0 Å². The summed E-state index contributed by atoms with van der Waals surface area (Å²) in [5.74, 6) is 1.70. The average molecular weight is 378 g/mol. The first-order valence-electron chi connectivity index (χ1n) is 11.3. The van der Waals surface area contributed by atoms with E-state index in [4.69, 9.17) is 4.74 Å². The van der Waals surface area contributed by atoms with Gasteiger partial charge in [0, 0.05) is 30.8 Å². The van der Waals surface area contributed by atoms with Crippen LogP contribution >= 0.6 is 0 Å². The van der Waals surface area contributed by atoms with Crippen molar-refractivity contribution < 1.29 is 4.74 Å². The number of para-hydroxylation sites is 2. The molecule has 0 aromatic heterocycles. The second kappa shape index (κ2) is 8.59. The van der Waals surface area contributed by atoms with Crippen LogP contribution in [0.3, 0.4) is 0 Å². The summed E-state index contributed by atoms with van der Waals surface area (Å²) in [4.78, 5) is 2.44. The molecule has 0 N–H and O–H groups in total. The zero-order valence-electron chi connectivity index (χ0n) is 17.6. The van der Waals surface area contributed by atoms with Crippen LogP contribution in [0.15, 0.2) is 48.5 Å². The van der Waals surface area contributed by atoms with Crippen molar-refractivity contribution in [2.24, 2.45) is 0 Å². The predicted molar refractivity (Wildman–Crippen MR) is 119 cm³/mol. The van der Waals surface area contributed by atoms with Crippen LogP contribution in [0.2, 0.25) is 0 Å². The molecule has 0 amide bonds. The van der Waals surface area contributed by atoms with Crippen LogP contribution in [-0.2, 0) is 6.42 Å². The highest BCUT2D eigenvalue weighted by Crippen LogP contribution is 2.52. The summed E-state index contributed by atoms with van der Waals surface area (Å²) in [7, 11) is 2.25. The van der Waals surface area contributed by atoms with Gasteiger partial charge >= 0.3 is 0 Å². The lowest BCUT2D eigenvalue weighted by Crippen LogP contribution is -2.38. The zero-order chi connectivity index (χ0) is 19.4. The second-order valence-corrected chi connectivity index (χ2v) is 8.72. The van der Waals surface area contributed by atoms with Gasteiger partial charge in [0.05, 0.1) is 0 Å². The van der Waals surface area contributed by atoms with Gasteiger partial charge in [0.25, 0.3) is 0 Å². The molecule has 1 saturated carbocycles. The largest absolute Gasteiger partial charge is 0.486 e. The average Bonchev–Trinajstić information content (AvgIpc) is 2.86. The number of ether oxygens (including phenoxy) is 1. The van der Waals surface area contributed by atoms with E-state index in [9.17, 15) is 0 Å². The highest BCUT2D eigenvalue weighted by atomic mass is 16.5. The fourth-order valence-corrected chi connectivity index (χ4v) is 5.47. The minimum Gasteiger partial charge on any atom is -0.486 e. The minimum absolute atomic E-state index is 0.0556. The molecule has 2 nitrogen and oxygen atoms in total. The molecule has 1 fully saturated rings. The lowest BCUT2D eigenvalue weighted by atomic mass is 9.76. The Bertz CT molecular complexity index is 776. The zero-order valence-corrected chi connectivity index (χ0v) is 17.6. The number of rotatable bonds is 6. The summed E-state index contributed by atoms with van der Waals surface area (Å²) in [5, 5.41) is 0. The Hall–Kier alpha value is -1.96. The number of anilines is 1. The van der Waals surface area contributed by atoms with E-state index < -0.39 is 0 Å². The van der Waals surface area contributed by atoms with Crippen LogP contribution in [0.25, 0.3) is 0 Å². The van der Waals surface area contributed by atoms with E-state index in [-0.39, 0.29) is 5.60 Å². The molecule has 0 bridgehead atoms. The van der Waals surface area contributed by atoms with Crippen LogP contribution in [0.5, 0.6) is 5.75 Å². The fraction of sp³-hybridized carbons (Fsp3) is 0.538. The molecule has 2 aromatic rings. The molecule has 2 aromatic carbocycles. The Kier molecular flexibility index (Phi) is 5.94. The highest BCUT2D eigenvalue weighted by Gasteiger charge is 2.47. The third-order valence-electron chi connectivity index (χ3n) is 6.96. The highest BCUT2D eigenvalue weighted by molar-refractivity contribution is 5.53. The SMILES string of the molecule is CCc1ccccc1N(C)CCCC1c2ccccc2OC12CCCCCC2. The molecule has 1 unspecified atom stereocenters.